The van der Waals surface area contributed by atoms with Crippen LogP contribution in [-0.4, -0.2) is 67.2 Å². The van der Waals surface area contributed by atoms with Gasteiger partial charge in [-0.25, -0.2) is 4.68 Å². The molecule has 1 atom stereocenters. The Morgan fingerprint density at radius 3 is 2.65 bits per heavy atom. The molecule has 2 aromatic carbocycles. The summed E-state index contributed by atoms with van der Waals surface area (Å²) in [6.45, 7) is 5.01. The Labute approximate surface area is 200 Å². The second-order valence-electron chi connectivity index (χ2n) is 9.55. The van der Waals surface area contributed by atoms with Gasteiger partial charge in [-0.15, -0.1) is 5.10 Å². The molecule has 0 bridgehead atoms. The van der Waals surface area contributed by atoms with Crippen LogP contribution in [0.2, 0.25) is 0 Å². The third-order valence-corrected chi connectivity index (χ3v) is 7.44. The molecule has 6 rings (SSSR count). The van der Waals surface area contributed by atoms with Crippen LogP contribution in [0.25, 0.3) is 10.9 Å². The molecule has 34 heavy (non-hydrogen) atoms. The summed E-state index contributed by atoms with van der Waals surface area (Å²) in [7, 11) is 0. The summed E-state index contributed by atoms with van der Waals surface area (Å²) in [4.78, 5) is 9.82. The number of benzene rings is 2. The molecule has 3 heterocycles. The van der Waals surface area contributed by atoms with Crippen molar-refractivity contribution in [3.63, 3.8) is 0 Å². The lowest BCUT2D eigenvalue weighted by Gasteiger charge is -2.37. The van der Waals surface area contributed by atoms with Crippen LogP contribution in [0.4, 0.5) is 0 Å². The van der Waals surface area contributed by atoms with Crippen LogP contribution in [-0.2, 0) is 6.54 Å². The molecule has 0 amide bonds. The molecule has 1 saturated carbocycles. The van der Waals surface area contributed by atoms with Gasteiger partial charge >= 0.3 is 0 Å². The van der Waals surface area contributed by atoms with E-state index in [2.05, 4.69) is 78.8 Å². The number of fused-ring (bicyclic) bond motifs is 1. The van der Waals surface area contributed by atoms with E-state index in [0.717, 1.165) is 42.4 Å². The molecule has 1 aliphatic heterocycles. The lowest BCUT2D eigenvalue weighted by molar-refractivity contribution is 0.127. The summed E-state index contributed by atoms with van der Waals surface area (Å²) in [6, 6.07) is 22.0. The maximum Gasteiger partial charge on any atom is 0.173 e. The first-order valence-corrected chi connectivity index (χ1v) is 12.5. The molecule has 0 radical (unpaired) electrons. The van der Waals surface area contributed by atoms with Crippen LogP contribution in [0.5, 0.6) is 0 Å². The van der Waals surface area contributed by atoms with E-state index >= 15 is 0 Å². The van der Waals surface area contributed by atoms with Gasteiger partial charge in [0.05, 0.1) is 18.1 Å². The van der Waals surface area contributed by atoms with Gasteiger partial charge < -0.3 is 0 Å². The van der Waals surface area contributed by atoms with Crippen molar-refractivity contribution < 1.29 is 0 Å². The summed E-state index contributed by atoms with van der Waals surface area (Å²) >= 11 is 0. The van der Waals surface area contributed by atoms with Crippen LogP contribution in [0.1, 0.15) is 48.7 Å². The molecule has 1 aliphatic carbocycles. The Kier molecular flexibility index (Phi) is 6.04. The zero-order valence-electron chi connectivity index (χ0n) is 19.5. The summed E-state index contributed by atoms with van der Waals surface area (Å²) in [5, 5.41) is 14.3. The minimum Gasteiger partial charge on any atom is -0.299 e. The first-order chi connectivity index (χ1) is 16.8. The Morgan fingerprint density at radius 2 is 1.79 bits per heavy atom. The van der Waals surface area contributed by atoms with Crippen molar-refractivity contribution in [2.75, 3.05) is 26.2 Å². The van der Waals surface area contributed by atoms with E-state index in [1.165, 1.54) is 43.4 Å². The summed E-state index contributed by atoms with van der Waals surface area (Å²) in [6.07, 6.45) is 7.12. The van der Waals surface area contributed by atoms with Gasteiger partial charge in [0, 0.05) is 37.3 Å². The number of nitrogens with zero attached hydrogens (tertiary/aromatic N) is 7. The maximum absolute atomic E-state index is 4.59. The van der Waals surface area contributed by atoms with Crippen molar-refractivity contribution in [2.24, 2.45) is 0 Å². The Balaban J connectivity index is 1.36. The Bertz CT molecular complexity index is 1230. The third kappa shape index (κ3) is 4.33. The molecule has 2 fully saturated rings. The second kappa shape index (κ2) is 9.60. The minimum atomic E-state index is 0.00431. The van der Waals surface area contributed by atoms with Crippen LogP contribution in [0, 0.1) is 0 Å². The predicted octanol–water partition coefficient (Wildman–Crippen LogP) is 3.92. The molecule has 7 heteroatoms. The number of rotatable bonds is 6. The van der Waals surface area contributed by atoms with Crippen LogP contribution in [0.15, 0.2) is 66.9 Å². The molecule has 4 aromatic rings. The van der Waals surface area contributed by atoms with Crippen molar-refractivity contribution in [1.29, 1.82) is 0 Å². The topological polar surface area (TPSA) is 63.0 Å². The van der Waals surface area contributed by atoms with Gasteiger partial charge in [-0.1, -0.05) is 48.9 Å². The third-order valence-electron chi connectivity index (χ3n) is 7.44. The first kappa shape index (κ1) is 21.4. The maximum atomic E-state index is 4.59. The lowest BCUT2D eigenvalue weighted by Crippen LogP contribution is -2.42. The highest BCUT2D eigenvalue weighted by molar-refractivity contribution is 5.79. The fourth-order valence-electron chi connectivity index (χ4n) is 5.40. The van der Waals surface area contributed by atoms with Gasteiger partial charge in [0.1, 0.15) is 0 Å². The Hall–Kier alpha value is -3.16. The zero-order valence-corrected chi connectivity index (χ0v) is 19.5. The van der Waals surface area contributed by atoms with E-state index in [0.29, 0.717) is 6.54 Å². The number of aromatic nitrogens is 5. The molecule has 7 nitrogen and oxygen atoms in total. The van der Waals surface area contributed by atoms with E-state index in [1.807, 2.05) is 23.0 Å². The van der Waals surface area contributed by atoms with Crippen molar-refractivity contribution >= 4 is 10.9 Å². The summed E-state index contributed by atoms with van der Waals surface area (Å²) in [5.74, 6) is 0.907. The number of pyridine rings is 1. The van der Waals surface area contributed by atoms with Gasteiger partial charge in [-0.2, -0.15) is 0 Å². The van der Waals surface area contributed by atoms with Gasteiger partial charge in [0.25, 0.3) is 0 Å². The summed E-state index contributed by atoms with van der Waals surface area (Å²) < 4.78 is 1.97. The zero-order chi connectivity index (χ0) is 22.7. The van der Waals surface area contributed by atoms with Crippen LogP contribution < -0.4 is 0 Å². The van der Waals surface area contributed by atoms with Gasteiger partial charge in [0.2, 0.25) is 0 Å². The largest absolute Gasteiger partial charge is 0.299 e. The first-order valence-electron chi connectivity index (χ1n) is 12.5. The minimum absolute atomic E-state index is 0.00431. The van der Waals surface area contributed by atoms with Crippen LogP contribution >= 0.6 is 0 Å². The van der Waals surface area contributed by atoms with Crippen molar-refractivity contribution in [2.45, 2.75) is 44.3 Å². The quantitative estimate of drug-likeness (QED) is 0.441. The van der Waals surface area contributed by atoms with Crippen molar-refractivity contribution in [1.82, 2.24) is 35.0 Å². The number of tetrazole rings is 1. The molecule has 1 saturated heterocycles. The van der Waals surface area contributed by atoms with Gasteiger partial charge in [-0.05, 0) is 65.6 Å². The fourth-order valence-corrected chi connectivity index (χ4v) is 5.40. The molecule has 2 aliphatic rings. The molecule has 174 valence electrons. The van der Waals surface area contributed by atoms with E-state index < -0.39 is 0 Å². The van der Waals surface area contributed by atoms with E-state index in [9.17, 15) is 0 Å². The molecule has 2 aromatic heterocycles. The van der Waals surface area contributed by atoms with Crippen molar-refractivity contribution in [3.8, 4) is 0 Å². The fraction of sp³-hybridized carbons (Fsp3) is 0.407. The van der Waals surface area contributed by atoms with Gasteiger partial charge in [0.15, 0.2) is 5.82 Å². The highest BCUT2D eigenvalue weighted by Crippen LogP contribution is 2.32. The smallest absolute Gasteiger partial charge is 0.173 e. The SMILES string of the molecule is c1ccc(Cn2nnnc2C(c2ccc3ncccc3c2)N2CCCN(C3CCC3)CC2)cc1. The predicted molar refractivity (Wildman–Crippen MR) is 132 cm³/mol. The highest BCUT2D eigenvalue weighted by Gasteiger charge is 2.32. The van der Waals surface area contributed by atoms with Gasteiger partial charge in [-0.3, -0.25) is 14.8 Å². The van der Waals surface area contributed by atoms with E-state index in [-0.39, 0.29) is 6.04 Å². The molecular weight excluding hydrogens is 422 g/mol. The number of hydrogen-bond donors (Lipinski definition) is 0. The monoisotopic (exact) mass is 453 g/mol. The second-order valence-corrected chi connectivity index (χ2v) is 9.55. The van der Waals surface area contributed by atoms with Crippen LogP contribution in [0.3, 0.4) is 0 Å². The molecular formula is C27H31N7. The normalized spacial score (nSPS) is 19.1. The van der Waals surface area contributed by atoms with E-state index in [1.54, 1.807) is 0 Å². The molecule has 0 spiro atoms. The molecule has 1 unspecified atom stereocenters. The number of hydrogen-bond acceptors (Lipinski definition) is 6. The average Bonchev–Trinajstić information content (AvgIpc) is 3.15. The standard InChI is InChI=1S/C27H31N7/c1-2-7-21(8-3-1)20-34-27(29-30-31-34)26(23-12-13-25-22(19-23)9-5-14-28-25)33-16-6-15-32(17-18-33)24-10-4-11-24/h1-3,5,7-9,12-14,19,24,26H,4,6,10-11,15-18,20H2. The molecule has 0 N–H and O–H groups in total. The summed E-state index contributed by atoms with van der Waals surface area (Å²) in [5.41, 5.74) is 3.44. The average molecular weight is 454 g/mol. The lowest BCUT2D eigenvalue weighted by atomic mass is 9.91. The Morgan fingerprint density at radius 1 is 0.882 bits per heavy atom. The highest BCUT2D eigenvalue weighted by atomic mass is 15.5. The van der Waals surface area contributed by atoms with E-state index in [4.69, 9.17) is 0 Å². The van der Waals surface area contributed by atoms with Crippen molar-refractivity contribution in [3.05, 3.63) is 83.8 Å².